The number of hydrogen-bond donors (Lipinski definition) is 2. The molecule has 2 N–H and O–H groups in total. The molecule has 1 aromatic heterocycles. The largest absolute Gasteiger partial charge is 0.477 e. The van der Waals surface area contributed by atoms with Gasteiger partial charge in [-0.25, -0.2) is 14.8 Å². The van der Waals surface area contributed by atoms with Gasteiger partial charge in [0, 0.05) is 19.9 Å². The van der Waals surface area contributed by atoms with Crippen molar-refractivity contribution in [3.8, 4) is 0 Å². The Labute approximate surface area is 114 Å². The fourth-order valence-corrected chi connectivity index (χ4v) is 1.63. The van der Waals surface area contributed by atoms with Gasteiger partial charge in [-0.1, -0.05) is 0 Å². The number of amides is 2. The molecule has 20 heavy (non-hydrogen) atoms. The van der Waals surface area contributed by atoms with E-state index in [9.17, 15) is 14.4 Å². The highest BCUT2D eigenvalue weighted by atomic mass is 16.4. The minimum atomic E-state index is -1.14. The number of anilines is 1. The molecular formula is C12H12N4O4. The number of aromatic nitrogens is 1. The van der Waals surface area contributed by atoms with Crippen LogP contribution in [0.3, 0.4) is 0 Å². The van der Waals surface area contributed by atoms with Gasteiger partial charge in [0.25, 0.3) is 5.91 Å². The second-order valence-electron chi connectivity index (χ2n) is 4.16. The molecule has 2 amide bonds. The second-order valence-corrected chi connectivity index (χ2v) is 4.16. The van der Waals surface area contributed by atoms with Crippen molar-refractivity contribution in [1.29, 1.82) is 0 Å². The van der Waals surface area contributed by atoms with Gasteiger partial charge in [-0.2, -0.15) is 5.10 Å². The molecule has 0 saturated carbocycles. The molecule has 2 rings (SSSR count). The van der Waals surface area contributed by atoms with Gasteiger partial charge in [-0.05, 0) is 12.1 Å². The first-order valence-electron chi connectivity index (χ1n) is 5.82. The van der Waals surface area contributed by atoms with E-state index in [0.717, 1.165) is 5.01 Å². The van der Waals surface area contributed by atoms with E-state index >= 15 is 0 Å². The fourth-order valence-electron chi connectivity index (χ4n) is 1.63. The van der Waals surface area contributed by atoms with Crippen molar-refractivity contribution in [2.45, 2.75) is 12.8 Å². The highest BCUT2D eigenvalue weighted by molar-refractivity contribution is 6.43. The van der Waals surface area contributed by atoms with E-state index < -0.39 is 11.9 Å². The van der Waals surface area contributed by atoms with Gasteiger partial charge in [0.15, 0.2) is 0 Å². The van der Waals surface area contributed by atoms with Crippen LogP contribution >= 0.6 is 0 Å². The van der Waals surface area contributed by atoms with E-state index in [4.69, 9.17) is 5.11 Å². The van der Waals surface area contributed by atoms with Crippen LogP contribution in [0.2, 0.25) is 0 Å². The van der Waals surface area contributed by atoms with Gasteiger partial charge in [-0.15, -0.1) is 0 Å². The summed E-state index contributed by atoms with van der Waals surface area (Å²) in [5, 5.41) is 16.3. The quantitative estimate of drug-likeness (QED) is 0.826. The fraction of sp³-hybridized carbons (Fsp3) is 0.250. The van der Waals surface area contributed by atoms with Crippen molar-refractivity contribution in [3.63, 3.8) is 0 Å². The summed E-state index contributed by atoms with van der Waals surface area (Å²) < 4.78 is 0. The van der Waals surface area contributed by atoms with E-state index in [0.29, 0.717) is 5.69 Å². The first kappa shape index (κ1) is 13.7. The highest BCUT2D eigenvalue weighted by Crippen LogP contribution is 2.10. The lowest BCUT2D eigenvalue weighted by molar-refractivity contribution is -0.130. The average Bonchev–Trinajstić information content (AvgIpc) is 2.42. The maximum atomic E-state index is 11.9. The number of nitrogens with zero attached hydrogens (tertiary/aromatic N) is 3. The lowest BCUT2D eigenvalue weighted by Gasteiger charge is -2.18. The van der Waals surface area contributed by atoms with Gasteiger partial charge in [0.2, 0.25) is 5.91 Å². The summed E-state index contributed by atoms with van der Waals surface area (Å²) in [5.41, 5.74) is 0.500. The Morgan fingerprint density at radius 2 is 2.10 bits per heavy atom. The molecule has 0 bridgehead atoms. The van der Waals surface area contributed by atoms with Crippen LogP contribution in [0.4, 0.5) is 5.69 Å². The number of nitrogens with one attached hydrogen (secondary N) is 1. The Morgan fingerprint density at radius 1 is 1.35 bits per heavy atom. The van der Waals surface area contributed by atoms with E-state index in [1.165, 1.54) is 25.4 Å². The third-order valence-corrected chi connectivity index (χ3v) is 2.71. The summed E-state index contributed by atoms with van der Waals surface area (Å²) in [6, 6.07) is 2.73. The third-order valence-electron chi connectivity index (χ3n) is 2.71. The Balaban J connectivity index is 2.06. The molecule has 0 aromatic carbocycles. The Hall–Kier alpha value is -2.77. The van der Waals surface area contributed by atoms with Crippen LogP contribution in [-0.2, 0) is 9.59 Å². The standard InChI is InChI=1S/C12H12N4O4/c1-16-10(17)5-4-8(15-16)11(18)14-7-2-3-9(12(19)20)13-6-7/h2-3,6H,4-5H2,1H3,(H,14,18)(H,19,20). The van der Waals surface area contributed by atoms with E-state index in [1.807, 2.05) is 0 Å². The zero-order valence-electron chi connectivity index (χ0n) is 10.7. The number of rotatable bonds is 3. The number of aromatic carboxylic acids is 1. The number of hydrogen-bond acceptors (Lipinski definition) is 5. The van der Waals surface area contributed by atoms with Crippen molar-refractivity contribution < 1.29 is 19.5 Å². The number of pyridine rings is 1. The van der Waals surface area contributed by atoms with Crippen LogP contribution in [0, 0.1) is 0 Å². The molecule has 1 aromatic rings. The molecule has 0 saturated heterocycles. The molecule has 1 aliphatic rings. The number of carbonyl (C=O) groups is 3. The monoisotopic (exact) mass is 276 g/mol. The van der Waals surface area contributed by atoms with Gasteiger partial charge >= 0.3 is 5.97 Å². The predicted octanol–water partition coefficient (Wildman–Crippen LogP) is 0.326. The molecule has 8 heteroatoms. The Bertz CT molecular complexity index is 594. The summed E-state index contributed by atoms with van der Waals surface area (Å²) in [6.07, 6.45) is 1.76. The zero-order valence-corrected chi connectivity index (χ0v) is 10.7. The van der Waals surface area contributed by atoms with Crippen LogP contribution in [0.15, 0.2) is 23.4 Å². The number of carboxylic acid groups (broad SMARTS) is 1. The molecule has 0 spiro atoms. The predicted molar refractivity (Wildman–Crippen MR) is 69.3 cm³/mol. The van der Waals surface area contributed by atoms with E-state index in [-0.39, 0.29) is 30.2 Å². The first-order chi connectivity index (χ1) is 9.47. The van der Waals surface area contributed by atoms with Crippen molar-refractivity contribution in [1.82, 2.24) is 9.99 Å². The minimum absolute atomic E-state index is 0.108. The molecule has 1 aliphatic heterocycles. The van der Waals surface area contributed by atoms with Gasteiger partial charge < -0.3 is 10.4 Å². The maximum absolute atomic E-state index is 11.9. The van der Waals surface area contributed by atoms with Crippen LogP contribution < -0.4 is 5.32 Å². The molecule has 104 valence electrons. The Morgan fingerprint density at radius 3 is 2.65 bits per heavy atom. The van der Waals surface area contributed by atoms with Gasteiger partial charge in [0.05, 0.1) is 11.9 Å². The third kappa shape index (κ3) is 2.97. The topological polar surface area (TPSA) is 112 Å². The number of hydrazone groups is 1. The minimum Gasteiger partial charge on any atom is -0.477 e. The summed E-state index contributed by atoms with van der Waals surface area (Å²) >= 11 is 0. The number of carboxylic acids is 1. The van der Waals surface area contributed by atoms with Crippen molar-refractivity contribution >= 4 is 29.2 Å². The van der Waals surface area contributed by atoms with Gasteiger partial charge in [0.1, 0.15) is 11.4 Å². The summed E-state index contributed by atoms with van der Waals surface area (Å²) in [5.74, 6) is -1.72. The van der Waals surface area contributed by atoms with Crippen LogP contribution in [0.25, 0.3) is 0 Å². The molecule has 0 fully saturated rings. The average molecular weight is 276 g/mol. The van der Waals surface area contributed by atoms with E-state index in [1.54, 1.807) is 0 Å². The molecule has 8 nitrogen and oxygen atoms in total. The smallest absolute Gasteiger partial charge is 0.354 e. The number of carbonyl (C=O) groups excluding carboxylic acids is 2. The molecule has 0 aliphatic carbocycles. The lowest BCUT2D eigenvalue weighted by Crippen LogP contribution is -2.34. The summed E-state index contributed by atoms with van der Waals surface area (Å²) in [4.78, 5) is 37.5. The molecule has 2 heterocycles. The van der Waals surface area contributed by atoms with E-state index in [2.05, 4.69) is 15.4 Å². The van der Waals surface area contributed by atoms with Crippen molar-refractivity contribution in [3.05, 3.63) is 24.0 Å². The maximum Gasteiger partial charge on any atom is 0.354 e. The van der Waals surface area contributed by atoms with Crippen molar-refractivity contribution in [2.75, 3.05) is 12.4 Å². The molecular weight excluding hydrogens is 264 g/mol. The molecule has 0 atom stereocenters. The van der Waals surface area contributed by atoms with Crippen LogP contribution in [0.1, 0.15) is 23.3 Å². The first-order valence-corrected chi connectivity index (χ1v) is 5.82. The normalized spacial score (nSPS) is 14.8. The zero-order chi connectivity index (χ0) is 14.7. The van der Waals surface area contributed by atoms with Gasteiger partial charge in [-0.3, -0.25) is 9.59 Å². The molecule has 0 radical (unpaired) electrons. The SMILES string of the molecule is CN1N=C(C(=O)Nc2ccc(C(=O)O)nc2)CCC1=O. The molecule has 0 unspecified atom stereocenters. The highest BCUT2D eigenvalue weighted by Gasteiger charge is 2.22. The summed E-state index contributed by atoms with van der Waals surface area (Å²) in [7, 11) is 1.48. The van der Waals surface area contributed by atoms with Crippen molar-refractivity contribution in [2.24, 2.45) is 5.10 Å². The Kier molecular flexibility index (Phi) is 3.74. The van der Waals surface area contributed by atoms with Crippen LogP contribution in [-0.4, -0.2) is 45.6 Å². The summed E-state index contributed by atoms with van der Waals surface area (Å²) in [6.45, 7) is 0. The second kappa shape index (κ2) is 5.47. The van der Waals surface area contributed by atoms with Crippen LogP contribution in [0.5, 0.6) is 0 Å². The lowest BCUT2D eigenvalue weighted by atomic mass is 10.1.